The number of aryl methyl sites for hydroxylation is 1. The lowest BCUT2D eigenvalue weighted by Crippen LogP contribution is -2.39. The highest BCUT2D eigenvalue weighted by Crippen LogP contribution is 2.30. The number of nitrogens with zero attached hydrogens (tertiary/aromatic N) is 4. The topological polar surface area (TPSA) is 68.1 Å². The number of pyridine rings is 1. The highest BCUT2D eigenvalue weighted by atomic mass is 16.2. The van der Waals surface area contributed by atoms with Crippen LogP contribution in [0.25, 0.3) is 10.9 Å². The number of hydrogen-bond acceptors (Lipinski definition) is 4. The summed E-state index contributed by atoms with van der Waals surface area (Å²) in [6.45, 7) is 1.08. The molecule has 1 saturated heterocycles. The van der Waals surface area contributed by atoms with Crippen molar-refractivity contribution in [3.63, 3.8) is 0 Å². The predicted octanol–water partition coefficient (Wildman–Crippen LogP) is 2.94. The fraction of sp³-hybridized carbons (Fsp3) is 0.333. The number of piperidine rings is 1. The second-order valence-electron chi connectivity index (χ2n) is 6.86. The maximum atomic E-state index is 12.9. The van der Waals surface area contributed by atoms with Crippen LogP contribution in [-0.4, -0.2) is 31.9 Å². The van der Waals surface area contributed by atoms with Crippen molar-refractivity contribution in [3.05, 3.63) is 71.0 Å². The van der Waals surface area contributed by atoms with Gasteiger partial charge in [0.1, 0.15) is 0 Å². The Kier molecular flexibility index (Phi) is 4.96. The summed E-state index contributed by atoms with van der Waals surface area (Å²) in [5.74, 6) is 0.0606. The van der Waals surface area contributed by atoms with Crippen molar-refractivity contribution in [1.82, 2.24) is 19.4 Å². The van der Waals surface area contributed by atoms with Crippen LogP contribution < -0.4 is 5.56 Å². The van der Waals surface area contributed by atoms with Gasteiger partial charge >= 0.3 is 0 Å². The number of benzene rings is 1. The number of likely N-dealkylation sites (tertiary alicyclic amines) is 1. The van der Waals surface area contributed by atoms with E-state index >= 15 is 0 Å². The van der Waals surface area contributed by atoms with E-state index in [1.807, 2.05) is 41.3 Å². The lowest BCUT2D eigenvalue weighted by Gasteiger charge is -2.35. The highest BCUT2D eigenvalue weighted by Gasteiger charge is 2.28. The summed E-state index contributed by atoms with van der Waals surface area (Å²) in [7, 11) is 0. The number of para-hydroxylation sites is 1. The number of amides is 1. The van der Waals surface area contributed by atoms with Crippen LogP contribution in [0.4, 0.5) is 0 Å². The molecule has 0 N–H and O–H groups in total. The summed E-state index contributed by atoms with van der Waals surface area (Å²) in [4.78, 5) is 36.2. The summed E-state index contributed by atoms with van der Waals surface area (Å²) >= 11 is 0. The largest absolute Gasteiger partial charge is 0.334 e. The van der Waals surface area contributed by atoms with E-state index in [9.17, 15) is 9.59 Å². The van der Waals surface area contributed by atoms with Gasteiger partial charge in [0, 0.05) is 25.7 Å². The maximum absolute atomic E-state index is 12.9. The van der Waals surface area contributed by atoms with Crippen molar-refractivity contribution in [3.8, 4) is 0 Å². The number of aromatic nitrogens is 3. The molecular weight excluding hydrogens is 340 g/mol. The molecule has 0 spiro atoms. The molecule has 6 nitrogen and oxygen atoms in total. The summed E-state index contributed by atoms with van der Waals surface area (Å²) in [6, 6.07) is 13.1. The number of carbonyl (C=O) groups excluding carboxylic acids is 1. The number of hydrogen-bond donors (Lipinski definition) is 0. The molecule has 3 aromatic rings. The molecule has 1 aromatic carbocycles. The highest BCUT2D eigenvalue weighted by molar-refractivity contribution is 5.78. The lowest BCUT2D eigenvalue weighted by atomic mass is 9.98. The van der Waals surface area contributed by atoms with Crippen molar-refractivity contribution in [2.75, 3.05) is 6.54 Å². The van der Waals surface area contributed by atoms with Crippen LogP contribution in [-0.2, 0) is 11.3 Å². The number of fused-ring (bicyclic) bond motifs is 1. The van der Waals surface area contributed by atoms with E-state index in [0.29, 0.717) is 17.4 Å². The first-order chi connectivity index (χ1) is 13.2. The Morgan fingerprint density at radius 2 is 1.93 bits per heavy atom. The first kappa shape index (κ1) is 17.4. The summed E-state index contributed by atoms with van der Waals surface area (Å²) in [5, 5.41) is 0.580. The van der Waals surface area contributed by atoms with Crippen LogP contribution in [0.3, 0.4) is 0 Å². The normalized spacial score (nSPS) is 17.2. The molecule has 2 aromatic heterocycles. The fourth-order valence-corrected chi connectivity index (χ4v) is 3.74. The molecule has 6 heteroatoms. The van der Waals surface area contributed by atoms with Gasteiger partial charge < -0.3 is 4.90 Å². The molecule has 4 rings (SSSR count). The van der Waals surface area contributed by atoms with Gasteiger partial charge in [0.2, 0.25) is 5.91 Å². The SMILES string of the molecule is O=C(CCn1cnc2ccccc2c1=O)N1CCCC[C@@H]1c1ccccn1. The van der Waals surface area contributed by atoms with Crippen molar-refractivity contribution in [2.45, 2.75) is 38.3 Å². The zero-order chi connectivity index (χ0) is 18.6. The smallest absolute Gasteiger partial charge is 0.261 e. The molecule has 1 aliphatic rings. The van der Waals surface area contributed by atoms with E-state index in [-0.39, 0.29) is 23.9 Å². The zero-order valence-corrected chi connectivity index (χ0v) is 15.1. The summed E-state index contributed by atoms with van der Waals surface area (Å²) in [5.41, 5.74) is 1.51. The Hall–Kier alpha value is -3.02. The predicted molar refractivity (Wildman–Crippen MR) is 103 cm³/mol. The van der Waals surface area contributed by atoms with E-state index in [2.05, 4.69) is 9.97 Å². The van der Waals surface area contributed by atoms with Gasteiger partial charge in [0.05, 0.1) is 29.0 Å². The van der Waals surface area contributed by atoms with Crippen molar-refractivity contribution in [1.29, 1.82) is 0 Å². The molecule has 1 amide bonds. The maximum Gasteiger partial charge on any atom is 0.261 e. The van der Waals surface area contributed by atoms with Gasteiger partial charge in [-0.25, -0.2) is 4.98 Å². The van der Waals surface area contributed by atoms with Crippen molar-refractivity contribution < 1.29 is 4.79 Å². The second-order valence-corrected chi connectivity index (χ2v) is 6.86. The molecule has 0 aliphatic carbocycles. The average molecular weight is 362 g/mol. The molecule has 3 heterocycles. The van der Waals surface area contributed by atoms with Crippen LogP contribution in [0.5, 0.6) is 0 Å². The van der Waals surface area contributed by atoms with Crippen LogP contribution in [0.2, 0.25) is 0 Å². The van der Waals surface area contributed by atoms with Gasteiger partial charge in [0.15, 0.2) is 0 Å². The zero-order valence-electron chi connectivity index (χ0n) is 15.1. The minimum Gasteiger partial charge on any atom is -0.334 e. The van der Waals surface area contributed by atoms with Gasteiger partial charge in [-0.05, 0) is 43.5 Å². The minimum atomic E-state index is -0.103. The number of rotatable bonds is 4. The van der Waals surface area contributed by atoms with E-state index < -0.39 is 0 Å². The Labute approximate surface area is 157 Å². The van der Waals surface area contributed by atoms with E-state index in [1.54, 1.807) is 12.3 Å². The van der Waals surface area contributed by atoms with E-state index in [4.69, 9.17) is 0 Å². The molecule has 138 valence electrons. The first-order valence-electron chi connectivity index (χ1n) is 9.38. The van der Waals surface area contributed by atoms with Gasteiger partial charge in [-0.3, -0.25) is 19.1 Å². The Balaban J connectivity index is 1.50. The second kappa shape index (κ2) is 7.70. The third-order valence-electron chi connectivity index (χ3n) is 5.15. The Morgan fingerprint density at radius 1 is 1.07 bits per heavy atom. The van der Waals surface area contributed by atoms with Gasteiger partial charge in [-0.1, -0.05) is 18.2 Å². The molecule has 0 radical (unpaired) electrons. The minimum absolute atomic E-state index is 0.0268. The molecule has 0 bridgehead atoms. The number of carbonyl (C=O) groups is 1. The van der Waals surface area contributed by atoms with Gasteiger partial charge in [0.25, 0.3) is 5.56 Å². The van der Waals surface area contributed by atoms with E-state index in [0.717, 1.165) is 31.5 Å². The molecule has 27 heavy (non-hydrogen) atoms. The van der Waals surface area contributed by atoms with Crippen LogP contribution in [0, 0.1) is 0 Å². The van der Waals surface area contributed by atoms with Crippen molar-refractivity contribution in [2.24, 2.45) is 0 Å². The molecule has 1 fully saturated rings. The van der Waals surface area contributed by atoms with Crippen molar-refractivity contribution >= 4 is 16.8 Å². The van der Waals surface area contributed by atoms with E-state index in [1.165, 1.54) is 10.9 Å². The summed E-state index contributed by atoms with van der Waals surface area (Å²) in [6.07, 6.45) is 6.62. The summed E-state index contributed by atoms with van der Waals surface area (Å²) < 4.78 is 1.53. The monoisotopic (exact) mass is 362 g/mol. The van der Waals surface area contributed by atoms with Crippen LogP contribution in [0.15, 0.2) is 59.8 Å². The Morgan fingerprint density at radius 3 is 2.78 bits per heavy atom. The quantitative estimate of drug-likeness (QED) is 0.716. The van der Waals surface area contributed by atoms with Crippen LogP contribution in [0.1, 0.15) is 37.4 Å². The third kappa shape index (κ3) is 3.60. The van der Waals surface area contributed by atoms with Gasteiger partial charge in [-0.15, -0.1) is 0 Å². The molecule has 0 unspecified atom stereocenters. The molecule has 0 saturated carbocycles. The van der Waals surface area contributed by atoms with Crippen LogP contribution >= 0.6 is 0 Å². The Bertz CT molecular complexity index is 1000. The molecular formula is C21H22N4O2. The third-order valence-corrected chi connectivity index (χ3v) is 5.15. The lowest BCUT2D eigenvalue weighted by molar-refractivity contribution is -0.135. The standard InChI is InChI=1S/C21H22N4O2/c26-20(25-13-6-4-10-19(25)18-9-3-5-12-22-18)11-14-24-15-23-17-8-2-1-7-16(17)21(24)27/h1-3,5,7-9,12,15,19H,4,6,10-11,13-14H2/t19-/m1/s1. The first-order valence-corrected chi connectivity index (χ1v) is 9.38. The average Bonchev–Trinajstić information content (AvgIpc) is 2.74. The fourth-order valence-electron chi connectivity index (χ4n) is 3.74. The molecule has 1 aliphatic heterocycles. The molecule has 1 atom stereocenters. The van der Waals surface area contributed by atoms with Gasteiger partial charge in [-0.2, -0.15) is 0 Å².